The van der Waals surface area contributed by atoms with Crippen molar-refractivity contribution in [3.8, 4) is 11.5 Å². The third-order valence-electron chi connectivity index (χ3n) is 3.62. The fraction of sp³-hybridized carbons (Fsp3) is 0.562. The van der Waals surface area contributed by atoms with E-state index >= 15 is 0 Å². The number of rotatable bonds is 6. The number of ether oxygens (including phenoxy) is 2. The van der Waals surface area contributed by atoms with Crippen LogP contribution in [0, 0.1) is 0 Å². The molecule has 1 aliphatic rings. The van der Waals surface area contributed by atoms with Crippen LogP contribution in [0.25, 0.3) is 0 Å². The normalized spacial score (nSPS) is 17.4. The first-order chi connectivity index (χ1) is 10.7. The molecule has 22 heavy (non-hydrogen) atoms. The van der Waals surface area contributed by atoms with E-state index in [-0.39, 0.29) is 11.4 Å². The van der Waals surface area contributed by atoms with Gasteiger partial charge in [0.2, 0.25) is 0 Å². The maximum atomic E-state index is 12.4. The van der Waals surface area contributed by atoms with E-state index in [1.807, 2.05) is 23.1 Å². The summed E-state index contributed by atoms with van der Waals surface area (Å²) in [6, 6.07) is 5.79. The minimum atomic E-state index is 0.00485. The van der Waals surface area contributed by atoms with Crippen LogP contribution in [0.4, 0.5) is 4.79 Å². The smallest absolute Gasteiger partial charge is 0.318 e. The second-order valence-electron chi connectivity index (χ2n) is 5.15. The molecule has 1 unspecified atom stereocenters. The average molecular weight is 324 g/mol. The highest BCUT2D eigenvalue weighted by Gasteiger charge is 2.31. The van der Waals surface area contributed by atoms with E-state index in [1.165, 1.54) is 0 Å². The van der Waals surface area contributed by atoms with Gasteiger partial charge in [0.05, 0.1) is 14.2 Å². The van der Waals surface area contributed by atoms with E-state index in [0.717, 1.165) is 48.7 Å². The van der Waals surface area contributed by atoms with Crippen LogP contribution in [-0.2, 0) is 0 Å². The van der Waals surface area contributed by atoms with Crippen molar-refractivity contribution in [1.29, 1.82) is 0 Å². The highest BCUT2D eigenvalue weighted by molar-refractivity contribution is 7.99. The van der Waals surface area contributed by atoms with E-state index < -0.39 is 0 Å². The van der Waals surface area contributed by atoms with Gasteiger partial charge in [0, 0.05) is 24.9 Å². The molecule has 0 aromatic heterocycles. The van der Waals surface area contributed by atoms with Gasteiger partial charge >= 0.3 is 6.03 Å². The first kappa shape index (κ1) is 16.8. The Hall–Kier alpha value is -1.56. The molecule has 2 rings (SSSR count). The molecule has 0 radical (unpaired) electrons. The van der Waals surface area contributed by atoms with Crippen LogP contribution in [0.2, 0.25) is 0 Å². The van der Waals surface area contributed by atoms with Gasteiger partial charge in [0.1, 0.15) is 16.9 Å². The number of benzene rings is 1. The van der Waals surface area contributed by atoms with Crippen LogP contribution < -0.4 is 14.8 Å². The Kier molecular flexibility index (Phi) is 6.24. The summed E-state index contributed by atoms with van der Waals surface area (Å²) in [4.78, 5) is 14.2. The number of hydrogen-bond acceptors (Lipinski definition) is 4. The molecule has 2 amide bonds. The van der Waals surface area contributed by atoms with E-state index in [9.17, 15) is 4.79 Å². The minimum absolute atomic E-state index is 0.00485. The number of hydrogen-bond donors (Lipinski definition) is 1. The summed E-state index contributed by atoms with van der Waals surface area (Å²) in [5.41, 5.74) is 1.03. The van der Waals surface area contributed by atoms with Crippen molar-refractivity contribution in [2.45, 2.75) is 25.1 Å². The molecule has 122 valence electrons. The standard InChI is InChI=1S/C16H24N2O3S/c1-4-5-6-17-16(19)18-7-8-22-15(18)12-9-13(20-2)11-14(10-12)21-3/h9-11,15H,4-8H2,1-3H3,(H,17,19). The molecule has 0 spiro atoms. The summed E-state index contributed by atoms with van der Waals surface area (Å²) in [6.45, 7) is 3.60. The number of thioether (sulfide) groups is 1. The molecule has 1 aromatic rings. The van der Waals surface area contributed by atoms with Gasteiger partial charge in [-0.25, -0.2) is 4.79 Å². The molecule has 1 fully saturated rings. The van der Waals surface area contributed by atoms with Crippen LogP contribution in [0.3, 0.4) is 0 Å². The van der Waals surface area contributed by atoms with Crippen LogP contribution in [-0.4, -0.2) is 44.0 Å². The fourth-order valence-electron chi connectivity index (χ4n) is 2.40. The fourth-order valence-corrected chi connectivity index (χ4v) is 3.63. The maximum absolute atomic E-state index is 12.4. The number of urea groups is 1. The van der Waals surface area contributed by atoms with Crippen molar-refractivity contribution < 1.29 is 14.3 Å². The highest BCUT2D eigenvalue weighted by atomic mass is 32.2. The molecule has 0 saturated carbocycles. The predicted molar refractivity (Wildman–Crippen MR) is 89.8 cm³/mol. The summed E-state index contributed by atoms with van der Waals surface area (Å²) in [5.74, 6) is 2.42. The minimum Gasteiger partial charge on any atom is -0.497 e. The van der Waals surface area contributed by atoms with Gasteiger partial charge in [-0.3, -0.25) is 0 Å². The monoisotopic (exact) mass is 324 g/mol. The number of carbonyl (C=O) groups excluding carboxylic acids is 1. The van der Waals surface area contributed by atoms with Crippen molar-refractivity contribution in [3.05, 3.63) is 23.8 Å². The zero-order chi connectivity index (χ0) is 15.9. The van der Waals surface area contributed by atoms with Crippen LogP contribution >= 0.6 is 11.8 Å². The van der Waals surface area contributed by atoms with Gasteiger partial charge in [0.15, 0.2) is 0 Å². The summed E-state index contributed by atoms with van der Waals surface area (Å²) in [5, 5.41) is 3.00. The Balaban J connectivity index is 2.14. The molecular formula is C16H24N2O3S. The lowest BCUT2D eigenvalue weighted by molar-refractivity contribution is 0.200. The summed E-state index contributed by atoms with van der Waals surface area (Å²) >= 11 is 1.76. The molecule has 1 atom stereocenters. The lowest BCUT2D eigenvalue weighted by atomic mass is 10.2. The Morgan fingerprint density at radius 2 is 2.00 bits per heavy atom. The zero-order valence-corrected chi connectivity index (χ0v) is 14.2. The lowest BCUT2D eigenvalue weighted by Gasteiger charge is -2.25. The number of unbranched alkanes of at least 4 members (excludes halogenated alkanes) is 1. The van der Waals surface area contributed by atoms with Gasteiger partial charge in [0.25, 0.3) is 0 Å². The largest absolute Gasteiger partial charge is 0.497 e. The molecule has 1 aromatic carbocycles. The SMILES string of the molecule is CCCCNC(=O)N1CCSC1c1cc(OC)cc(OC)c1. The van der Waals surface area contributed by atoms with Crippen molar-refractivity contribution in [1.82, 2.24) is 10.2 Å². The topological polar surface area (TPSA) is 50.8 Å². The molecule has 1 heterocycles. The Morgan fingerprint density at radius 3 is 2.59 bits per heavy atom. The van der Waals surface area contributed by atoms with E-state index in [1.54, 1.807) is 26.0 Å². The number of amides is 2. The quantitative estimate of drug-likeness (QED) is 0.816. The van der Waals surface area contributed by atoms with Crippen LogP contribution in [0.15, 0.2) is 18.2 Å². The van der Waals surface area contributed by atoms with Crippen molar-refractivity contribution >= 4 is 17.8 Å². The van der Waals surface area contributed by atoms with Gasteiger partial charge < -0.3 is 19.7 Å². The molecule has 0 bridgehead atoms. The summed E-state index contributed by atoms with van der Waals surface area (Å²) in [6.07, 6.45) is 2.08. The van der Waals surface area contributed by atoms with Crippen LogP contribution in [0.5, 0.6) is 11.5 Å². The molecule has 0 aliphatic carbocycles. The molecule has 6 heteroatoms. The number of carbonyl (C=O) groups is 1. The number of nitrogens with zero attached hydrogens (tertiary/aromatic N) is 1. The third-order valence-corrected chi connectivity index (χ3v) is 4.88. The molecular weight excluding hydrogens is 300 g/mol. The third kappa shape index (κ3) is 4.00. The average Bonchev–Trinajstić information content (AvgIpc) is 3.04. The Bertz CT molecular complexity index is 488. The van der Waals surface area contributed by atoms with Gasteiger partial charge in [-0.2, -0.15) is 0 Å². The maximum Gasteiger partial charge on any atom is 0.318 e. The summed E-state index contributed by atoms with van der Waals surface area (Å²) < 4.78 is 10.6. The molecule has 1 aliphatic heterocycles. The summed E-state index contributed by atoms with van der Waals surface area (Å²) in [7, 11) is 3.27. The van der Waals surface area contributed by atoms with Gasteiger partial charge in [-0.1, -0.05) is 13.3 Å². The van der Waals surface area contributed by atoms with Crippen molar-refractivity contribution in [2.24, 2.45) is 0 Å². The van der Waals surface area contributed by atoms with E-state index in [4.69, 9.17) is 9.47 Å². The van der Waals surface area contributed by atoms with Crippen LogP contribution in [0.1, 0.15) is 30.7 Å². The molecule has 1 saturated heterocycles. The highest BCUT2D eigenvalue weighted by Crippen LogP contribution is 2.40. The molecule has 1 N–H and O–H groups in total. The van der Waals surface area contributed by atoms with Gasteiger partial charge in [-0.05, 0) is 24.1 Å². The van der Waals surface area contributed by atoms with Crippen molar-refractivity contribution in [2.75, 3.05) is 33.1 Å². The van der Waals surface area contributed by atoms with E-state index in [2.05, 4.69) is 12.2 Å². The first-order valence-electron chi connectivity index (χ1n) is 7.58. The lowest BCUT2D eigenvalue weighted by Crippen LogP contribution is -2.39. The van der Waals surface area contributed by atoms with E-state index in [0.29, 0.717) is 0 Å². The first-order valence-corrected chi connectivity index (χ1v) is 8.63. The zero-order valence-electron chi connectivity index (χ0n) is 13.4. The van der Waals surface area contributed by atoms with Crippen molar-refractivity contribution in [3.63, 3.8) is 0 Å². The Morgan fingerprint density at radius 1 is 1.32 bits per heavy atom. The number of nitrogens with one attached hydrogen (secondary N) is 1. The second kappa shape index (κ2) is 8.17. The number of methoxy groups -OCH3 is 2. The predicted octanol–water partition coefficient (Wildman–Crippen LogP) is 3.26. The van der Waals surface area contributed by atoms with Gasteiger partial charge in [-0.15, -0.1) is 11.8 Å². The second-order valence-corrected chi connectivity index (χ2v) is 6.34. The molecule has 5 nitrogen and oxygen atoms in total. The Labute approximate surface area is 136 Å².